The van der Waals surface area contributed by atoms with Crippen molar-refractivity contribution in [2.75, 3.05) is 0 Å². The van der Waals surface area contributed by atoms with Crippen LogP contribution >= 0.6 is 0 Å². The standard InChI is InChI=1S/C14H16O4/c1-3(15)17-13-9-5-6-7(9)12-11(13)8(5)10(6)14(12)18-4(2)16/h5-14H,1-2H3/t5-,6-,7-,8+,9+,10-,11+,12-,13+,14+/m0/s1. The van der Waals surface area contributed by atoms with Crippen molar-refractivity contribution in [2.24, 2.45) is 47.3 Å². The highest BCUT2D eigenvalue weighted by Gasteiger charge is 2.91. The van der Waals surface area contributed by atoms with Crippen LogP contribution in [0.5, 0.6) is 0 Å². The topological polar surface area (TPSA) is 52.6 Å². The molecule has 6 aliphatic carbocycles. The van der Waals surface area contributed by atoms with Gasteiger partial charge in [0.2, 0.25) is 0 Å². The van der Waals surface area contributed by atoms with E-state index in [4.69, 9.17) is 9.47 Å². The molecule has 0 spiro atoms. The van der Waals surface area contributed by atoms with Crippen molar-refractivity contribution in [2.45, 2.75) is 26.1 Å². The Kier molecular flexibility index (Phi) is 1.42. The summed E-state index contributed by atoms with van der Waals surface area (Å²) in [6, 6.07) is 0. The smallest absolute Gasteiger partial charge is 0.302 e. The van der Waals surface area contributed by atoms with E-state index >= 15 is 0 Å². The molecular weight excluding hydrogens is 232 g/mol. The lowest BCUT2D eigenvalue weighted by Gasteiger charge is -2.62. The van der Waals surface area contributed by atoms with E-state index in [2.05, 4.69) is 0 Å². The molecule has 0 N–H and O–H groups in total. The van der Waals surface area contributed by atoms with Crippen molar-refractivity contribution in [1.82, 2.24) is 0 Å². The van der Waals surface area contributed by atoms with Crippen LogP contribution < -0.4 is 0 Å². The van der Waals surface area contributed by atoms with Gasteiger partial charge in [0, 0.05) is 37.5 Å². The van der Waals surface area contributed by atoms with Gasteiger partial charge in [-0.15, -0.1) is 0 Å². The number of carbonyl (C=O) groups is 2. The first kappa shape index (κ1) is 9.82. The third kappa shape index (κ3) is 0.733. The first-order valence-corrected chi connectivity index (χ1v) is 6.95. The second kappa shape index (κ2) is 2.61. The van der Waals surface area contributed by atoms with Gasteiger partial charge in [-0.3, -0.25) is 9.59 Å². The summed E-state index contributed by atoms with van der Waals surface area (Å²) < 4.78 is 11.1. The van der Waals surface area contributed by atoms with Gasteiger partial charge in [0.1, 0.15) is 12.2 Å². The largest absolute Gasteiger partial charge is 0.462 e. The van der Waals surface area contributed by atoms with Gasteiger partial charge in [-0.05, 0) is 23.7 Å². The molecule has 4 bridgehead atoms. The maximum atomic E-state index is 11.2. The minimum Gasteiger partial charge on any atom is -0.462 e. The predicted molar refractivity (Wildman–Crippen MR) is 59.0 cm³/mol. The molecular formula is C14H16O4. The lowest BCUT2D eigenvalue weighted by molar-refractivity contribution is -0.183. The first-order valence-electron chi connectivity index (χ1n) is 6.95. The van der Waals surface area contributed by atoms with Crippen LogP contribution in [-0.4, -0.2) is 24.1 Å². The molecule has 0 aromatic carbocycles. The zero-order chi connectivity index (χ0) is 12.3. The predicted octanol–water partition coefficient (Wildman–Crippen LogP) is 0.847. The molecule has 10 atom stereocenters. The number of rotatable bonds is 2. The second-order valence-corrected chi connectivity index (χ2v) is 6.77. The van der Waals surface area contributed by atoms with Crippen molar-refractivity contribution < 1.29 is 19.1 Å². The van der Waals surface area contributed by atoms with E-state index in [1.165, 1.54) is 13.8 Å². The van der Waals surface area contributed by atoms with Crippen LogP contribution in [0.15, 0.2) is 0 Å². The molecule has 96 valence electrons. The Hall–Kier alpha value is -1.06. The summed E-state index contributed by atoms with van der Waals surface area (Å²) in [6.45, 7) is 3.00. The number of carbonyl (C=O) groups excluding carboxylic acids is 2. The zero-order valence-corrected chi connectivity index (χ0v) is 10.4. The summed E-state index contributed by atoms with van der Waals surface area (Å²) in [5, 5.41) is 0. The van der Waals surface area contributed by atoms with Gasteiger partial charge in [-0.1, -0.05) is 0 Å². The summed E-state index contributed by atoms with van der Waals surface area (Å²) >= 11 is 0. The van der Waals surface area contributed by atoms with E-state index < -0.39 is 0 Å². The highest BCUT2D eigenvalue weighted by Crippen LogP contribution is 2.89. The first-order chi connectivity index (χ1) is 8.61. The Bertz CT molecular complexity index is 442. The Balaban J connectivity index is 1.49. The van der Waals surface area contributed by atoms with E-state index in [9.17, 15) is 9.59 Å². The molecule has 0 radical (unpaired) electrons. The van der Waals surface area contributed by atoms with Crippen molar-refractivity contribution in [3.8, 4) is 0 Å². The van der Waals surface area contributed by atoms with Crippen LogP contribution in [0.4, 0.5) is 0 Å². The van der Waals surface area contributed by atoms with E-state index in [1.54, 1.807) is 0 Å². The van der Waals surface area contributed by atoms with Gasteiger partial charge >= 0.3 is 11.9 Å². The molecule has 6 saturated carbocycles. The number of ether oxygens (including phenoxy) is 2. The molecule has 0 aromatic heterocycles. The van der Waals surface area contributed by atoms with Crippen molar-refractivity contribution in [3.63, 3.8) is 0 Å². The average Bonchev–Trinajstić information content (AvgIpc) is 2.69. The van der Waals surface area contributed by atoms with Gasteiger partial charge in [0.15, 0.2) is 0 Å². The van der Waals surface area contributed by atoms with Gasteiger partial charge in [-0.25, -0.2) is 0 Å². The Morgan fingerprint density at radius 3 is 1.22 bits per heavy atom. The van der Waals surface area contributed by atoms with Crippen molar-refractivity contribution in [3.05, 3.63) is 0 Å². The molecule has 6 aliphatic rings. The van der Waals surface area contributed by atoms with Crippen LogP contribution in [0.25, 0.3) is 0 Å². The molecule has 0 saturated heterocycles. The molecule has 0 heterocycles. The molecule has 4 nitrogen and oxygen atoms in total. The molecule has 18 heavy (non-hydrogen) atoms. The summed E-state index contributed by atoms with van der Waals surface area (Å²) in [7, 11) is 0. The summed E-state index contributed by atoms with van der Waals surface area (Å²) in [5.74, 6) is 4.80. The third-order valence-electron chi connectivity index (χ3n) is 6.57. The maximum Gasteiger partial charge on any atom is 0.302 e. The van der Waals surface area contributed by atoms with E-state index in [1.807, 2.05) is 0 Å². The molecule has 0 unspecified atom stereocenters. The van der Waals surface area contributed by atoms with E-state index in [-0.39, 0.29) is 24.1 Å². The molecule has 6 rings (SSSR count). The Morgan fingerprint density at radius 1 is 0.611 bits per heavy atom. The van der Waals surface area contributed by atoms with Gasteiger partial charge in [-0.2, -0.15) is 0 Å². The van der Waals surface area contributed by atoms with Gasteiger partial charge in [0.05, 0.1) is 0 Å². The quantitative estimate of drug-likeness (QED) is 0.680. The van der Waals surface area contributed by atoms with Crippen LogP contribution in [-0.2, 0) is 19.1 Å². The number of esters is 2. The molecule has 4 heteroatoms. The minimum absolute atomic E-state index is 0.134. The fourth-order valence-corrected chi connectivity index (χ4v) is 6.78. The number of hydrogen-bond donors (Lipinski definition) is 0. The normalized spacial score (nSPS) is 63.4. The average molecular weight is 248 g/mol. The van der Waals surface area contributed by atoms with Crippen molar-refractivity contribution in [1.29, 1.82) is 0 Å². The Morgan fingerprint density at radius 2 is 0.889 bits per heavy atom. The highest BCUT2D eigenvalue weighted by molar-refractivity contribution is 5.67. The summed E-state index contributed by atoms with van der Waals surface area (Å²) in [5.41, 5.74) is 0. The van der Waals surface area contributed by atoms with Crippen LogP contribution in [0, 0.1) is 47.3 Å². The minimum atomic E-state index is -0.156. The summed E-state index contributed by atoms with van der Waals surface area (Å²) in [6.07, 6.45) is 0.267. The SMILES string of the molecule is CC(=O)O[C@H]1[C@@H]2[C@@H]3[C@H](OC(C)=O)[C@H]4[C@@H]2[C@H]2[C@H]1[C@H]3[C@@H]42. The highest BCUT2D eigenvalue weighted by atomic mass is 16.6. The van der Waals surface area contributed by atoms with Crippen LogP contribution in [0.1, 0.15) is 13.8 Å². The van der Waals surface area contributed by atoms with Crippen molar-refractivity contribution >= 4 is 11.9 Å². The van der Waals surface area contributed by atoms with Crippen LogP contribution in [0.3, 0.4) is 0 Å². The number of hydrogen-bond acceptors (Lipinski definition) is 4. The fraction of sp³-hybridized carbons (Fsp3) is 0.857. The molecule has 0 amide bonds. The lowest BCUT2D eigenvalue weighted by atomic mass is 9.41. The molecule has 6 fully saturated rings. The third-order valence-corrected chi connectivity index (χ3v) is 6.57. The lowest BCUT2D eigenvalue weighted by Crippen LogP contribution is -2.61. The fourth-order valence-electron chi connectivity index (χ4n) is 6.78. The zero-order valence-electron chi connectivity index (χ0n) is 10.4. The summed E-state index contributed by atoms with van der Waals surface area (Å²) in [4.78, 5) is 22.5. The molecule has 0 aliphatic heterocycles. The van der Waals surface area contributed by atoms with E-state index in [0.717, 1.165) is 11.8 Å². The maximum absolute atomic E-state index is 11.2. The second-order valence-electron chi connectivity index (χ2n) is 6.77. The monoisotopic (exact) mass is 248 g/mol. The molecule has 0 aromatic rings. The van der Waals surface area contributed by atoms with Gasteiger partial charge < -0.3 is 9.47 Å². The van der Waals surface area contributed by atoms with Gasteiger partial charge in [0.25, 0.3) is 0 Å². The van der Waals surface area contributed by atoms with Crippen LogP contribution in [0.2, 0.25) is 0 Å². The van der Waals surface area contributed by atoms with E-state index in [0.29, 0.717) is 35.5 Å². The Labute approximate surface area is 105 Å².